The molecule has 2 heterocycles. The fraction of sp³-hybridized carbons (Fsp3) is 0.0667. The number of aromatic nitrogens is 1. The minimum atomic E-state index is -0.115. The van der Waals surface area contributed by atoms with Crippen molar-refractivity contribution in [2.24, 2.45) is 0 Å². The maximum Gasteiger partial charge on any atom is 0.261 e. The van der Waals surface area contributed by atoms with Crippen LogP contribution in [-0.4, -0.2) is 11.1 Å². The molecule has 3 N–H and O–H groups in total. The molecule has 3 rings (SSSR count). The maximum absolute atomic E-state index is 11.8. The predicted molar refractivity (Wildman–Crippen MR) is 81.8 cm³/mol. The largest absolute Gasteiger partial charge is 0.399 e. The second-order valence-corrected chi connectivity index (χ2v) is 5.41. The summed E-state index contributed by atoms with van der Waals surface area (Å²) < 4.78 is 5.22. The number of hydrogen-bond donors (Lipinski definition) is 2. The van der Waals surface area contributed by atoms with Crippen LogP contribution < -0.4 is 11.1 Å². The molecular weight excluding hydrogens is 286 g/mol. The van der Waals surface area contributed by atoms with Gasteiger partial charge in [0, 0.05) is 17.3 Å². The van der Waals surface area contributed by atoms with Crippen molar-refractivity contribution in [2.75, 3.05) is 5.73 Å². The van der Waals surface area contributed by atoms with Gasteiger partial charge in [-0.15, -0.1) is 11.3 Å². The van der Waals surface area contributed by atoms with Crippen molar-refractivity contribution in [3.8, 4) is 11.3 Å². The van der Waals surface area contributed by atoms with Crippen molar-refractivity contribution in [1.29, 1.82) is 0 Å². The van der Waals surface area contributed by atoms with Gasteiger partial charge in [0.25, 0.3) is 5.91 Å². The molecule has 0 aliphatic heterocycles. The number of nitrogen functional groups attached to an aromatic ring is 1. The van der Waals surface area contributed by atoms with Crippen LogP contribution in [0.15, 0.2) is 52.4 Å². The zero-order valence-electron chi connectivity index (χ0n) is 11.1. The summed E-state index contributed by atoms with van der Waals surface area (Å²) >= 11 is 1.40. The summed E-state index contributed by atoms with van der Waals surface area (Å²) in [5, 5.41) is 8.65. The number of amides is 1. The number of anilines is 1. The molecule has 6 heteroatoms. The molecule has 21 heavy (non-hydrogen) atoms. The molecule has 1 aromatic carbocycles. The Kier molecular flexibility index (Phi) is 3.70. The SMILES string of the molecule is Nc1ccc(-c2cc(CNC(=O)c3cccs3)on2)cc1. The minimum absolute atomic E-state index is 0.115. The Morgan fingerprint density at radius 1 is 1.29 bits per heavy atom. The first-order valence-electron chi connectivity index (χ1n) is 6.35. The number of nitrogens with two attached hydrogens (primary N) is 1. The minimum Gasteiger partial charge on any atom is -0.399 e. The monoisotopic (exact) mass is 299 g/mol. The van der Waals surface area contributed by atoms with E-state index >= 15 is 0 Å². The van der Waals surface area contributed by atoms with Crippen LogP contribution in [0, 0.1) is 0 Å². The van der Waals surface area contributed by atoms with Crippen molar-refractivity contribution in [2.45, 2.75) is 6.54 Å². The average molecular weight is 299 g/mol. The Labute approximate surface area is 125 Å². The lowest BCUT2D eigenvalue weighted by Gasteiger charge is -1.99. The van der Waals surface area contributed by atoms with Gasteiger partial charge in [0.2, 0.25) is 0 Å². The fourth-order valence-electron chi connectivity index (χ4n) is 1.85. The summed E-state index contributed by atoms with van der Waals surface area (Å²) in [5.74, 6) is 0.488. The van der Waals surface area contributed by atoms with Crippen LogP contribution in [0.4, 0.5) is 5.69 Å². The maximum atomic E-state index is 11.8. The Hall–Kier alpha value is -2.60. The van der Waals surface area contributed by atoms with Gasteiger partial charge in [-0.05, 0) is 23.6 Å². The van der Waals surface area contributed by atoms with Crippen LogP contribution in [0.3, 0.4) is 0 Å². The summed E-state index contributed by atoms with van der Waals surface area (Å²) in [6.45, 7) is 0.304. The van der Waals surface area contributed by atoms with Gasteiger partial charge in [-0.3, -0.25) is 4.79 Å². The first-order chi connectivity index (χ1) is 10.2. The first kappa shape index (κ1) is 13.4. The normalized spacial score (nSPS) is 10.5. The molecule has 0 saturated carbocycles. The van der Waals surface area contributed by atoms with Crippen LogP contribution in [0.25, 0.3) is 11.3 Å². The number of carbonyl (C=O) groups is 1. The molecule has 0 aliphatic carbocycles. The smallest absolute Gasteiger partial charge is 0.261 e. The second-order valence-electron chi connectivity index (χ2n) is 4.46. The van der Waals surface area contributed by atoms with Gasteiger partial charge < -0.3 is 15.6 Å². The Balaban J connectivity index is 1.65. The van der Waals surface area contributed by atoms with Crippen LogP contribution in [0.2, 0.25) is 0 Å². The number of nitrogens with zero attached hydrogens (tertiary/aromatic N) is 1. The highest BCUT2D eigenvalue weighted by Crippen LogP contribution is 2.20. The van der Waals surface area contributed by atoms with Crippen LogP contribution in [0.1, 0.15) is 15.4 Å². The van der Waals surface area contributed by atoms with Crippen molar-refractivity contribution in [3.05, 3.63) is 58.5 Å². The molecular formula is C15H13N3O2S. The van der Waals surface area contributed by atoms with E-state index in [4.69, 9.17) is 10.3 Å². The lowest BCUT2D eigenvalue weighted by Crippen LogP contribution is -2.21. The van der Waals surface area contributed by atoms with Gasteiger partial charge in [0.1, 0.15) is 5.69 Å². The summed E-state index contributed by atoms with van der Waals surface area (Å²) in [5.41, 5.74) is 7.98. The molecule has 106 valence electrons. The molecule has 0 atom stereocenters. The topological polar surface area (TPSA) is 81.1 Å². The van der Waals surface area contributed by atoms with E-state index in [1.165, 1.54) is 11.3 Å². The Morgan fingerprint density at radius 3 is 2.81 bits per heavy atom. The summed E-state index contributed by atoms with van der Waals surface area (Å²) in [6.07, 6.45) is 0. The predicted octanol–water partition coefficient (Wildman–Crippen LogP) is 2.92. The highest BCUT2D eigenvalue weighted by molar-refractivity contribution is 7.12. The second kappa shape index (κ2) is 5.80. The van der Waals surface area contributed by atoms with Crippen molar-refractivity contribution in [3.63, 3.8) is 0 Å². The molecule has 0 bridgehead atoms. The molecule has 2 aromatic heterocycles. The van der Waals surface area contributed by atoms with E-state index < -0.39 is 0 Å². The van der Waals surface area contributed by atoms with Gasteiger partial charge in [0.05, 0.1) is 11.4 Å². The number of carbonyl (C=O) groups excluding carboxylic acids is 1. The van der Waals surface area contributed by atoms with Gasteiger partial charge in [-0.2, -0.15) is 0 Å². The van der Waals surface area contributed by atoms with E-state index in [1.807, 2.05) is 35.7 Å². The molecule has 0 saturated heterocycles. The number of thiophene rings is 1. The standard InChI is InChI=1S/C15H13N3O2S/c16-11-5-3-10(4-6-11)13-8-12(20-18-13)9-17-15(19)14-2-1-7-21-14/h1-8H,9,16H2,(H,17,19). The van der Waals surface area contributed by atoms with E-state index in [-0.39, 0.29) is 5.91 Å². The van der Waals surface area contributed by atoms with Crippen molar-refractivity contribution < 1.29 is 9.32 Å². The highest BCUT2D eigenvalue weighted by atomic mass is 32.1. The van der Waals surface area contributed by atoms with Crippen molar-refractivity contribution >= 4 is 22.9 Å². The summed E-state index contributed by atoms with van der Waals surface area (Å²) in [4.78, 5) is 12.5. The van der Waals surface area contributed by atoms with E-state index in [0.717, 1.165) is 11.3 Å². The Morgan fingerprint density at radius 2 is 2.10 bits per heavy atom. The third-order valence-corrected chi connectivity index (χ3v) is 3.80. The average Bonchev–Trinajstić information content (AvgIpc) is 3.17. The van der Waals surface area contributed by atoms with Gasteiger partial charge in [-0.25, -0.2) is 0 Å². The molecule has 1 amide bonds. The number of nitrogens with one attached hydrogen (secondary N) is 1. The quantitative estimate of drug-likeness (QED) is 0.726. The molecule has 0 radical (unpaired) electrons. The van der Waals surface area contributed by atoms with Crippen LogP contribution >= 0.6 is 11.3 Å². The van der Waals surface area contributed by atoms with E-state index in [9.17, 15) is 4.79 Å². The molecule has 3 aromatic rings. The van der Waals surface area contributed by atoms with E-state index in [1.54, 1.807) is 12.1 Å². The first-order valence-corrected chi connectivity index (χ1v) is 7.23. The lowest BCUT2D eigenvalue weighted by atomic mass is 10.1. The van der Waals surface area contributed by atoms with Crippen LogP contribution in [0.5, 0.6) is 0 Å². The van der Waals surface area contributed by atoms with E-state index in [0.29, 0.717) is 22.9 Å². The lowest BCUT2D eigenvalue weighted by molar-refractivity contribution is 0.0951. The van der Waals surface area contributed by atoms with Gasteiger partial charge in [0.15, 0.2) is 5.76 Å². The van der Waals surface area contributed by atoms with Gasteiger partial charge in [-0.1, -0.05) is 23.4 Å². The third kappa shape index (κ3) is 3.11. The van der Waals surface area contributed by atoms with Crippen LogP contribution in [-0.2, 0) is 6.54 Å². The fourth-order valence-corrected chi connectivity index (χ4v) is 2.49. The van der Waals surface area contributed by atoms with Crippen molar-refractivity contribution in [1.82, 2.24) is 10.5 Å². The zero-order valence-corrected chi connectivity index (χ0v) is 11.9. The molecule has 0 fully saturated rings. The van der Waals surface area contributed by atoms with E-state index in [2.05, 4.69) is 10.5 Å². The number of hydrogen-bond acceptors (Lipinski definition) is 5. The van der Waals surface area contributed by atoms with Gasteiger partial charge >= 0.3 is 0 Å². The molecule has 0 unspecified atom stereocenters. The third-order valence-electron chi connectivity index (χ3n) is 2.93. The molecule has 0 aliphatic rings. The summed E-state index contributed by atoms with van der Waals surface area (Å²) in [6, 6.07) is 12.8. The highest BCUT2D eigenvalue weighted by Gasteiger charge is 2.10. The summed E-state index contributed by atoms with van der Waals surface area (Å²) in [7, 11) is 0. The Bertz CT molecular complexity index is 733. The number of benzene rings is 1. The number of rotatable bonds is 4. The zero-order chi connectivity index (χ0) is 14.7. The molecule has 0 spiro atoms. The molecule has 5 nitrogen and oxygen atoms in total.